The van der Waals surface area contributed by atoms with Gasteiger partial charge in [0.25, 0.3) is 5.69 Å². The molecule has 0 amide bonds. The molecule has 1 aliphatic rings. The van der Waals surface area contributed by atoms with Gasteiger partial charge < -0.3 is 4.90 Å². The van der Waals surface area contributed by atoms with Crippen LogP contribution in [-0.2, 0) is 13.0 Å². The second kappa shape index (κ2) is 4.77. The highest BCUT2D eigenvalue weighted by molar-refractivity contribution is 5.98. The lowest BCUT2D eigenvalue weighted by molar-refractivity contribution is -0.384. The van der Waals surface area contributed by atoms with Crippen molar-refractivity contribution in [2.24, 2.45) is 0 Å². The van der Waals surface area contributed by atoms with E-state index in [-0.39, 0.29) is 5.69 Å². The van der Waals surface area contributed by atoms with Crippen LogP contribution in [0.25, 0.3) is 0 Å². The molecular weight excluding hydrogens is 254 g/mol. The average molecular weight is 267 g/mol. The molecule has 0 bridgehead atoms. The fourth-order valence-corrected chi connectivity index (χ4v) is 2.45. The normalized spacial score (nSPS) is 14.0. The molecular formula is C15H13N3O2. The van der Waals surface area contributed by atoms with Crippen LogP contribution in [0.15, 0.2) is 48.5 Å². The fraction of sp³-hybridized carbons (Fsp3) is 0.133. The zero-order chi connectivity index (χ0) is 14.1. The molecule has 2 aromatic carbocycles. The summed E-state index contributed by atoms with van der Waals surface area (Å²) in [6, 6.07) is 14.4. The summed E-state index contributed by atoms with van der Waals surface area (Å²) in [5.41, 5.74) is 3.06. The van der Waals surface area contributed by atoms with Gasteiger partial charge in [0.1, 0.15) is 5.84 Å². The second-order valence-electron chi connectivity index (χ2n) is 4.76. The fourth-order valence-electron chi connectivity index (χ4n) is 2.45. The highest BCUT2D eigenvalue weighted by atomic mass is 16.6. The lowest BCUT2D eigenvalue weighted by Gasteiger charge is -2.31. The SMILES string of the molecule is N=C1Cc2ccccc2CN1c1cccc([N+](=O)[O-])c1. The molecule has 0 unspecified atom stereocenters. The van der Waals surface area contributed by atoms with Crippen molar-refractivity contribution in [3.05, 3.63) is 69.8 Å². The Labute approximate surface area is 116 Å². The molecule has 1 heterocycles. The number of non-ortho nitro benzene ring substituents is 1. The summed E-state index contributed by atoms with van der Waals surface area (Å²) in [5, 5.41) is 19.0. The van der Waals surface area contributed by atoms with Gasteiger partial charge in [-0.25, -0.2) is 0 Å². The van der Waals surface area contributed by atoms with Crippen LogP contribution in [0.1, 0.15) is 11.1 Å². The summed E-state index contributed by atoms with van der Waals surface area (Å²) in [6.45, 7) is 0.580. The van der Waals surface area contributed by atoms with Crippen molar-refractivity contribution in [1.29, 1.82) is 5.41 Å². The topological polar surface area (TPSA) is 70.2 Å². The first-order valence-electron chi connectivity index (χ1n) is 6.31. The number of nitrogens with zero attached hydrogens (tertiary/aromatic N) is 2. The largest absolute Gasteiger partial charge is 0.325 e. The Bertz CT molecular complexity index is 697. The Kier molecular flexibility index (Phi) is 2.95. The quantitative estimate of drug-likeness (QED) is 0.671. The van der Waals surface area contributed by atoms with E-state index in [0.29, 0.717) is 24.5 Å². The van der Waals surface area contributed by atoms with Gasteiger partial charge in [-0.15, -0.1) is 0 Å². The highest BCUT2D eigenvalue weighted by Crippen LogP contribution is 2.27. The minimum atomic E-state index is -0.412. The predicted molar refractivity (Wildman–Crippen MR) is 77.2 cm³/mol. The Morgan fingerprint density at radius 2 is 1.85 bits per heavy atom. The second-order valence-corrected chi connectivity index (χ2v) is 4.76. The first-order chi connectivity index (χ1) is 9.65. The Balaban J connectivity index is 1.97. The van der Waals surface area contributed by atoms with E-state index < -0.39 is 4.92 Å². The lowest BCUT2D eigenvalue weighted by Crippen LogP contribution is -2.35. The molecule has 2 aromatic rings. The minimum absolute atomic E-state index is 0.0501. The van der Waals surface area contributed by atoms with Crippen molar-refractivity contribution in [3.8, 4) is 0 Å². The highest BCUT2D eigenvalue weighted by Gasteiger charge is 2.22. The van der Waals surface area contributed by atoms with E-state index in [4.69, 9.17) is 5.41 Å². The number of rotatable bonds is 2. The van der Waals surface area contributed by atoms with Crippen molar-refractivity contribution in [3.63, 3.8) is 0 Å². The van der Waals surface area contributed by atoms with E-state index in [2.05, 4.69) is 0 Å². The third-order valence-corrected chi connectivity index (χ3v) is 3.48. The Morgan fingerprint density at radius 1 is 1.10 bits per heavy atom. The van der Waals surface area contributed by atoms with E-state index in [9.17, 15) is 10.1 Å². The van der Waals surface area contributed by atoms with Crippen LogP contribution in [0, 0.1) is 15.5 Å². The van der Waals surface area contributed by atoms with Gasteiger partial charge in [0.15, 0.2) is 0 Å². The van der Waals surface area contributed by atoms with E-state index in [1.54, 1.807) is 12.1 Å². The third kappa shape index (κ3) is 2.14. The van der Waals surface area contributed by atoms with Gasteiger partial charge in [-0.05, 0) is 17.2 Å². The summed E-state index contributed by atoms with van der Waals surface area (Å²) >= 11 is 0. The van der Waals surface area contributed by atoms with Crippen LogP contribution in [0.2, 0.25) is 0 Å². The van der Waals surface area contributed by atoms with Crippen LogP contribution >= 0.6 is 0 Å². The van der Waals surface area contributed by atoms with Gasteiger partial charge in [-0.2, -0.15) is 0 Å². The van der Waals surface area contributed by atoms with Crippen molar-refractivity contribution in [2.75, 3.05) is 4.90 Å². The van der Waals surface area contributed by atoms with Gasteiger partial charge in [0, 0.05) is 30.8 Å². The summed E-state index contributed by atoms with van der Waals surface area (Å²) in [4.78, 5) is 12.3. The first-order valence-corrected chi connectivity index (χ1v) is 6.31. The van der Waals surface area contributed by atoms with Gasteiger partial charge in [0.2, 0.25) is 0 Å². The van der Waals surface area contributed by atoms with Gasteiger partial charge >= 0.3 is 0 Å². The van der Waals surface area contributed by atoms with Crippen LogP contribution < -0.4 is 4.90 Å². The molecule has 0 fully saturated rings. The number of nitro groups is 1. The summed E-state index contributed by atoms with van der Waals surface area (Å²) in [5.74, 6) is 0.462. The molecule has 0 saturated heterocycles. The molecule has 20 heavy (non-hydrogen) atoms. The van der Waals surface area contributed by atoms with E-state index in [0.717, 1.165) is 11.1 Å². The number of benzene rings is 2. The van der Waals surface area contributed by atoms with Crippen LogP contribution in [0.4, 0.5) is 11.4 Å². The zero-order valence-electron chi connectivity index (χ0n) is 10.7. The predicted octanol–water partition coefficient (Wildman–Crippen LogP) is 3.13. The molecule has 0 aliphatic carbocycles. The standard InChI is InChI=1S/C15H13N3O2/c16-15-8-11-4-1-2-5-12(11)10-17(15)13-6-3-7-14(9-13)18(19)20/h1-7,9,16H,8,10H2. The summed E-state index contributed by atoms with van der Waals surface area (Å²) in [7, 11) is 0. The molecule has 0 aromatic heterocycles. The molecule has 3 rings (SSSR count). The summed E-state index contributed by atoms with van der Waals surface area (Å²) < 4.78 is 0. The monoisotopic (exact) mass is 267 g/mol. The molecule has 1 aliphatic heterocycles. The van der Waals surface area contributed by atoms with Crippen LogP contribution in [0.3, 0.4) is 0 Å². The van der Waals surface area contributed by atoms with Crippen molar-refractivity contribution >= 4 is 17.2 Å². The van der Waals surface area contributed by atoms with Gasteiger partial charge in [-0.1, -0.05) is 30.3 Å². The van der Waals surface area contributed by atoms with Gasteiger partial charge in [-0.3, -0.25) is 15.5 Å². The number of hydrogen-bond donors (Lipinski definition) is 1. The first kappa shape index (κ1) is 12.3. The van der Waals surface area contributed by atoms with E-state index in [1.807, 2.05) is 29.2 Å². The molecule has 0 saturated carbocycles. The van der Waals surface area contributed by atoms with E-state index >= 15 is 0 Å². The maximum absolute atomic E-state index is 10.8. The molecule has 100 valence electrons. The maximum Gasteiger partial charge on any atom is 0.271 e. The van der Waals surface area contributed by atoms with Crippen molar-refractivity contribution in [1.82, 2.24) is 0 Å². The lowest BCUT2D eigenvalue weighted by atomic mass is 9.98. The number of fused-ring (bicyclic) bond motifs is 1. The third-order valence-electron chi connectivity index (χ3n) is 3.48. The van der Waals surface area contributed by atoms with Crippen molar-refractivity contribution < 1.29 is 4.92 Å². The molecule has 0 atom stereocenters. The van der Waals surface area contributed by atoms with Gasteiger partial charge in [0.05, 0.1) is 4.92 Å². The van der Waals surface area contributed by atoms with Crippen LogP contribution in [0.5, 0.6) is 0 Å². The number of hydrogen-bond acceptors (Lipinski definition) is 3. The number of nitrogens with one attached hydrogen (secondary N) is 1. The smallest absolute Gasteiger partial charge is 0.271 e. The average Bonchev–Trinajstić information content (AvgIpc) is 2.46. The molecule has 1 N–H and O–H groups in total. The molecule has 5 nitrogen and oxygen atoms in total. The Hall–Kier alpha value is -2.69. The number of anilines is 1. The van der Waals surface area contributed by atoms with Crippen molar-refractivity contribution in [2.45, 2.75) is 13.0 Å². The van der Waals surface area contributed by atoms with Crippen LogP contribution in [-0.4, -0.2) is 10.8 Å². The molecule has 0 radical (unpaired) electrons. The number of amidine groups is 1. The maximum atomic E-state index is 10.8. The summed E-state index contributed by atoms with van der Waals surface area (Å²) in [6.07, 6.45) is 0.554. The Morgan fingerprint density at radius 3 is 2.60 bits per heavy atom. The zero-order valence-corrected chi connectivity index (χ0v) is 10.7. The minimum Gasteiger partial charge on any atom is -0.325 e. The van der Waals surface area contributed by atoms with E-state index in [1.165, 1.54) is 12.1 Å². The molecule has 5 heteroatoms. The molecule has 0 spiro atoms. The number of nitro benzene ring substituents is 1.